The van der Waals surface area contributed by atoms with Crippen molar-refractivity contribution < 1.29 is 32.9 Å². The van der Waals surface area contributed by atoms with Gasteiger partial charge in [-0.25, -0.2) is 18.0 Å². The van der Waals surface area contributed by atoms with Gasteiger partial charge in [0.25, 0.3) is 0 Å². The number of carboxylic acids is 1. The van der Waals surface area contributed by atoms with Crippen LogP contribution >= 0.6 is 23.2 Å². The molecule has 0 aliphatic rings. The summed E-state index contributed by atoms with van der Waals surface area (Å²) in [6.07, 6.45) is 0.191. The van der Waals surface area contributed by atoms with Gasteiger partial charge in [-0.15, -0.1) is 0 Å². The van der Waals surface area contributed by atoms with Gasteiger partial charge in [0.15, 0.2) is 24.1 Å². The van der Waals surface area contributed by atoms with E-state index in [2.05, 4.69) is 0 Å². The first-order chi connectivity index (χ1) is 14.2. The monoisotopic (exact) mass is 456 g/mol. The van der Waals surface area contributed by atoms with Gasteiger partial charge in [0, 0.05) is 22.0 Å². The van der Waals surface area contributed by atoms with E-state index >= 15 is 0 Å². The van der Waals surface area contributed by atoms with Gasteiger partial charge in [-0.05, 0) is 53.1 Å². The molecule has 9 heteroatoms. The van der Waals surface area contributed by atoms with Crippen LogP contribution in [0.15, 0.2) is 42.5 Å². The number of phenolic OH excluding ortho intramolecular Hbond substituents is 1. The average Bonchev–Trinajstić information content (AvgIpc) is 2.68. The molecule has 0 atom stereocenters. The molecule has 0 spiro atoms. The quantitative estimate of drug-likeness (QED) is 0.457. The first-order valence-corrected chi connectivity index (χ1v) is 9.20. The molecule has 30 heavy (non-hydrogen) atoms. The van der Waals surface area contributed by atoms with Gasteiger partial charge >= 0.3 is 5.97 Å². The first-order valence-electron chi connectivity index (χ1n) is 8.45. The minimum atomic E-state index is -1.60. The van der Waals surface area contributed by atoms with E-state index in [0.29, 0.717) is 11.1 Å². The van der Waals surface area contributed by atoms with Crippen molar-refractivity contribution in [2.24, 2.45) is 0 Å². The molecule has 4 nitrogen and oxygen atoms in total. The standard InChI is InChI=1S/C21H13Cl2F3O4/c22-15-7-12(30-9-20(28)29)8-16(23)14(15)4-10-1-2-19(27)13(3-10)11-5-17(24)21(26)18(25)6-11/h1-3,5-8,27H,4,9H2,(H,28,29). The van der Waals surface area contributed by atoms with Gasteiger partial charge in [-0.1, -0.05) is 29.3 Å². The van der Waals surface area contributed by atoms with Gasteiger partial charge in [-0.2, -0.15) is 0 Å². The third-order valence-corrected chi connectivity index (χ3v) is 4.89. The number of benzene rings is 3. The average molecular weight is 457 g/mol. The maximum Gasteiger partial charge on any atom is 0.341 e. The molecule has 0 aliphatic carbocycles. The zero-order chi connectivity index (χ0) is 22.0. The van der Waals surface area contributed by atoms with Crippen LogP contribution in [0.3, 0.4) is 0 Å². The zero-order valence-electron chi connectivity index (χ0n) is 15.1. The SMILES string of the molecule is O=C(O)COc1cc(Cl)c(Cc2ccc(O)c(-c3cc(F)c(F)c(F)c3)c2)c(Cl)c1. The molecule has 0 amide bonds. The van der Waals surface area contributed by atoms with Gasteiger partial charge < -0.3 is 14.9 Å². The Morgan fingerprint density at radius 3 is 2.13 bits per heavy atom. The van der Waals surface area contributed by atoms with Crippen LogP contribution < -0.4 is 4.74 Å². The van der Waals surface area contributed by atoms with Crippen molar-refractivity contribution >= 4 is 29.2 Å². The van der Waals surface area contributed by atoms with Crippen molar-refractivity contribution in [2.45, 2.75) is 6.42 Å². The van der Waals surface area contributed by atoms with Crippen LogP contribution in [0.25, 0.3) is 11.1 Å². The summed E-state index contributed by atoms with van der Waals surface area (Å²) >= 11 is 12.5. The number of ether oxygens (including phenoxy) is 1. The number of carbonyl (C=O) groups is 1. The molecule has 0 bridgehead atoms. The lowest BCUT2D eigenvalue weighted by Gasteiger charge is -2.13. The summed E-state index contributed by atoms with van der Waals surface area (Å²) in [7, 11) is 0. The largest absolute Gasteiger partial charge is 0.507 e. The summed E-state index contributed by atoms with van der Waals surface area (Å²) in [5, 5.41) is 19.2. The van der Waals surface area contributed by atoms with Gasteiger partial charge in [0.1, 0.15) is 11.5 Å². The highest BCUT2D eigenvalue weighted by molar-refractivity contribution is 6.36. The Kier molecular flexibility index (Phi) is 6.43. The van der Waals surface area contributed by atoms with Crippen LogP contribution in [-0.4, -0.2) is 22.8 Å². The molecule has 0 radical (unpaired) electrons. The predicted molar refractivity (Wildman–Crippen MR) is 106 cm³/mol. The summed E-state index contributed by atoms with van der Waals surface area (Å²) < 4.78 is 45.4. The molecule has 0 saturated heterocycles. The summed E-state index contributed by atoms with van der Waals surface area (Å²) in [6.45, 7) is -0.557. The minimum Gasteiger partial charge on any atom is -0.507 e. The highest BCUT2D eigenvalue weighted by Gasteiger charge is 2.16. The van der Waals surface area contributed by atoms with E-state index in [1.165, 1.54) is 24.3 Å². The summed E-state index contributed by atoms with van der Waals surface area (Å²) in [6, 6.07) is 8.77. The van der Waals surface area contributed by atoms with Crippen LogP contribution in [0.2, 0.25) is 10.0 Å². The van der Waals surface area contributed by atoms with Crippen LogP contribution in [0, 0.1) is 17.5 Å². The summed E-state index contributed by atoms with van der Waals surface area (Å²) in [5.74, 6) is -5.58. The second-order valence-corrected chi connectivity index (χ2v) is 7.14. The van der Waals surface area contributed by atoms with Gasteiger partial charge in [0.05, 0.1) is 0 Å². The number of carboxylic acid groups (broad SMARTS) is 1. The molecule has 2 N–H and O–H groups in total. The maximum atomic E-state index is 13.6. The number of phenols is 1. The number of halogens is 5. The van der Waals surface area contributed by atoms with E-state index in [1.54, 1.807) is 6.07 Å². The molecule has 0 aliphatic heterocycles. The molecular weight excluding hydrogens is 444 g/mol. The lowest BCUT2D eigenvalue weighted by molar-refractivity contribution is -0.139. The van der Waals surface area contributed by atoms with Gasteiger partial charge in [-0.3, -0.25) is 0 Å². The van der Waals surface area contributed by atoms with Crippen LogP contribution in [-0.2, 0) is 11.2 Å². The highest BCUT2D eigenvalue weighted by Crippen LogP contribution is 2.35. The van der Waals surface area contributed by atoms with Crippen molar-refractivity contribution in [3.05, 3.63) is 81.1 Å². The molecule has 0 aromatic heterocycles. The Hall–Kier alpha value is -2.90. The van der Waals surface area contributed by atoms with Crippen LogP contribution in [0.5, 0.6) is 11.5 Å². The fourth-order valence-electron chi connectivity index (χ4n) is 2.82. The topological polar surface area (TPSA) is 66.8 Å². The molecule has 156 valence electrons. The number of hydrogen-bond acceptors (Lipinski definition) is 3. The smallest absolute Gasteiger partial charge is 0.341 e. The molecule has 3 aromatic carbocycles. The molecule has 3 aromatic rings. The van der Waals surface area contributed by atoms with E-state index in [1.807, 2.05) is 0 Å². The predicted octanol–water partition coefficient (Wildman–Crippen LogP) is 5.84. The van der Waals surface area contributed by atoms with Crippen molar-refractivity contribution in [1.29, 1.82) is 0 Å². The van der Waals surface area contributed by atoms with E-state index in [-0.39, 0.29) is 39.1 Å². The summed E-state index contributed by atoms with van der Waals surface area (Å²) in [5.41, 5.74) is 1.14. The second-order valence-electron chi connectivity index (χ2n) is 6.33. The third kappa shape index (κ3) is 4.80. The van der Waals surface area contributed by atoms with Crippen molar-refractivity contribution in [2.75, 3.05) is 6.61 Å². The summed E-state index contributed by atoms with van der Waals surface area (Å²) in [4.78, 5) is 10.6. The second kappa shape index (κ2) is 8.85. The van der Waals surface area contributed by atoms with Crippen molar-refractivity contribution in [1.82, 2.24) is 0 Å². The molecule has 0 heterocycles. The number of rotatable bonds is 6. The Morgan fingerprint density at radius 1 is 0.967 bits per heavy atom. The normalized spacial score (nSPS) is 10.8. The van der Waals surface area contributed by atoms with Crippen molar-refractivity contribution in [3.8, 4) is 22.6 Å². The lowest BCUT2D eigenvalue weighted by Crippen LogP contribution is -2.09. The van der Waals surface area contributed by atoms with Crippen molar-refractivity contribution in [3.63, 3.8) is 0 Å². The van der Waals surface area contributed by atoms with E-state index < -0.39 is 30.0 Å². The Morgan fingerprint density at radius 2 is 1.57 bits per heavy atom. The van der Waals surface area contributed by atoms with E-state index in [4.69, 9.17) is 33.0 Å². The minimum absolute atomic E-state index is 0.0413. The number of aliphatic carboxylic acids is 1. The van der Waals surface area contributed by atoms with E-state index in [0.717, 1.165) is 12.1 Å². The molecule has 0 saturated carbocycles. The van der Waals surface area contributed by atoms with Crippen LogP contribution in [0.1, 0.15) is 11.1 Å². The molecule has 0 fully saturated rings. The Balaban J connectivity index is 1.93. The van der Waals surface area contributed by atoms with Gasteiger partial charge in [0.2, 0.25) is 0 Å². The Bertz CT molecular complexity index is 1090. The zero-order valence-corrected chi connectivity index (χ0v) is 16.6. The Labute approximate surface area is 179 Å². The van der Waals surface area contributed by atoms with E-state index in [9.17, 15) is 23.1 Å². The third-order valence-electron chi connectivity index (χ3n) is 4.21. The molecule has 3 rings (SSSR count). The van der Waals surface area contributed by atoms with Crippen LogP contribution in [0.4, 0.5) is 13.2 Å². The fraction of sp³-hybridized carbons (Fsp3) is 0.0952. The molecule has 0 unspecified atom stereocenters. The number of aromatic hydroxyl groups is 1. The fourth-order valence-corrected chi connectivity index (χ4v) is 3.42. The maximum absolute atomic E-state index is 13.6. The molecular formula is C21H13Cl2F3O4. The number of hydrogen-bond donors (Lipinski definition) is 2. The highest BCUT2D eigenvalue weighted by atomic mass is 35.5. The lowest BCUT2D eigenvalue weighted by atomic mass is 9.98. The first kappa shape index (κ1) is 21.8.